The van der Waals surface area contributed by atoms with Crippen molar-refractivity contribution in [1.29, 1.82) is 0 Å². The summed E-state index contributed by atoms with van der Waals surface area (Å²) >= 11 is 5.93. The number of benzene rings is 2. The Bertz CT molecular complexity index is 1070. The van der Waals surface area contributed by atoms with E-state index in [1.54, 1.807) is 28.0 Å². The van der Waals surface area contributed by atoms with E-state index in [1.165, 1.54) is 0 Å². The van der Waals surface area contributed by atoms with Crippen LogP contribution in [-0.2, 0) is 16.1 Å². The van der Waals surface area contributed by atoms with Crippen molar-refractivity contribution in [3.8, 4) is 0 Å². The van der Waals surface area contributed by atoms with Crippen LogP contribution in [0.15, 0.2) is 42.5 Å². The highest BCUT2D eigenvalue weighted by Gasteiger charge is 2.40. The van der Waals surface area contributed by atoms with Crippen LogP contribution < -0.4 is 15.1 Å². The summed E-state index contributed by atoms with van der Waals surface area (Å²) in [5.41, 5.74) is 2.99. The minimum absolute atomic E-state index is 0.0758. The van der Waals surface area contributed by atoms with Gasteiger partial charge in [0.25, 0.3) is 5.91 Å². The SMILES string of the molecule is CCN(CC)C(=O)c1ccc2c(c1)N(CC(=O)NCc1ccc(Cl)cc1)C(=O)[C@@H]1CCCCN21. The number of amides is 3. The molecule has 0 aromatic heterocycles. The Morgan fingerprint density at radius 2 is 1.79 bits per heavy atom. The van der Waals surface area contributed by atoms with Crippen LogP contribution >= 0.6 is 11.6 Å². The van der Waals surface area contributed by atoms with Crippen LogP contribution in [-0.4, -0.2) is 54.8 Å². The number of nitrogens with zero attached hydrogens (tertiary/aromatic N) is 3. The molecule has 1 atom stereocenters. The van der Waals surface area contributed by atoms with Gasteiger partial charge in [-0.2, -0.15) is 0 Å². The van der Waals surface area contributed by atoms with Crippen molar-refractivity contribution in [2.75, 3.05) is 36.0 Å². The van der Waals surface area contributed by atoms with Gasteiger partial charge < -0.3 is 15.1 Å². The van der Waals surface area contributed by atoms with Gasteiger partial charge >= 0.3 is 0 Å². The molecule has 0 spiro atoms. The number of piperidine rings is 1. The summed E-state index contributed by atoms with van der Waals surface area (Å²) in [4.78, 5) is 44.8. The van der Waals surface area contributed by atoms with Gasteiger partial charge in [0.15, 0.2) is 0 Å². The molecule has 2 aromatic rings. The molecule has 1 fully saturated rings. The van der Waals surface area contributed by atoms with Gasteiger partial charge in [-0.05, 0) is 69.0 Å². The molecule has 8 heteroatoms. The van der Waals surface area contributed by atoms with Gasteiger partial charge in [-0.25, -0.2) is 0 Å². The Hall–Kier alpha value is -3.06. The molecule has 2 aromatic carbocycles. The Labute approximate surface area is 205 Å². The van der Waals surface area contributed by atoms with E-state index in [0.717, 1.165) is 37.1 Å². The van der Waals surface area contributed by atoms with Crippen molar-refractivity contribution < 1.29 is 14.4 Å². The van der Waals surface area contributed by atoms with Gasteiger partial charge in [0.05, 0.1) is 11.4 Å². The molecule has 180 valence electrons. The summed E-state index contributed by atoms with van der Waals surface area (Å²) < 4.78 is 0. The number of hydrogen-bond donors (Lipinski definition) is 1. The molecule has 0 saturated carbocycles. The quantitative estimate of drug-likeness (QED) is 0.650. The molecular weight excluding hydrogens is 452 g/mol. The van der Waals surface area contributed by atoms with Crippen LogP contribution in [0.25, 0.3) is 0 Å². The second-order valence-electron chi connectivity index (χ2n) is 8.71. The second kappa shape index (κ2) is 10.5. The minimum Gasteiger partial charge on any atom is -0.358 e. The summed E-state index contributed by atoms with van der Waals surface area (Å²) in [7, 11) is 0. The molecule has 2 heterocycles. The highest BCUT2D eigenvalue weighted by molar-refractivity contribution is 6.30. The number of carbonyl (C=O) groups is 3. The van der Waals surface area contributed by atoms with E-state index < -0.39 is 0 Å². The van der Waals surface area contributed by atoms with E-state index in [-0.39, 0.29) is 30.3 Å². The third kappa shape index (κ3) is 4.89. The molecule has 1 N–H and O–H groups in total. The van der Waals surface area contributed by atoms with Gasteiger partial charge in [-0.15, -0.1) is 0 Å². The Morgan fingerprint density at radius 1 is 1.06 bits per heavy atom. The Balaban J connectivity index is 1.60. The molecule has 0 aliphatic carbocycles. The number of halogens is 1. The maximum absolute atomic E-state index is 13.5. The second-order valence-corrected chi connectivity index (χ2v) is 9.15. The maximum Gasteiger partial charge on any atom is 0.253 e. The van der Waals surface area contributed by atoms with E-state index in [2.05, 4.69) is 10.2 Å². The van der Waals surface area contributed by atoms with Crippen LogP contribution in [0, 0.1) is 0 Å². The standard InChI is InChI=1S/C26H31ClN4O3/c1-3-29(4-2)25(33)19-10-13-21-23(15-19)31(26(34)22-7-5-6-14-30(21)22)17-24(32)28-16-18-8-11-20(27)12-9-18/h8-13,15,22H,3-7,14,16-17H2,1-2H3,(H,28,32)/t22-/m0/s1. The largest absolute Gasteiger partial charge is 0.358 e. The zero-order chi connectivity index (χ0) is 24.2. The van der Waals surface area contributed by atoms with Crippen LogP contribution in [0.1, 0.15) is 49.0 Å². The highest BCUT2D eigenvalue weighted by Crippen LogP contribution is 2.40. The van der Waals surface area contributed by atoms with E-state index >= 15 is 0 Å². The predicted octanol–water partition coefficient (Wildman–Crippen LogP) is 3.84. The predicted molar refractivity (Wildman–Crippen MR) is 134 cm³/mol. The number of fused-ring (bicyclic) bond motifs is 3. The van der Waals surface area contributed by atoms with E-state index in [1.807, 2.05) is 38.1 Å². The van der Waals surface area contributed by atoms with E-state index in [9.17, 15) is 14.4 Å². The lowest BCUT2D eigenvalue weighted by atomic mass is 9.95. The number of nitrogens with one attached hydrogen (secondary N) is 1. The van der Waals surface area contributed by atoms with Crippen LogP contribution in [0.5, 0.6) is 0 Å². The summed E-state index contributed by atoms with van der Waals surface area (Å²) in [5.74, 6) is -0.409. The van der Waals surface area contributed by atoms with Gasteiger partial charge in [-0.3, -0.25) is 19.3 Å². The average Bonchev–Trinajstić information content (AvgIpc) is 2.86. The first-order valence-corrected chi connectivity index (χ1v) is 12.3. The number of hydrogen-bond acceptors (Lipinski definition) is 4. The van der Waals surface area contributed by atoms with Crippen LogP contribution in [0.4, 0.5) is 11.4 Å². The molecule has 1 saturated heterocycles. The Kier molecular flexibility index (Phi) is 7.41. The smallest absolute Gasteiger partial charge is 0.253 e. The van der Waals surface area contributed by atoms with E-state index in [4.69, 9.17) is 11.6 Å². The van der Waals surface area contributed by atoms with Crippen LogP contribution in [0.3, 0.4) is 0 Å². The normalized spacial score (nSPS) is 17.1. The Morgan fingerprint density at radius 3 is 2.50 bits per heavy atom. The van der Waals surface area contributed by atoms with Gasteiger partial charge in [-0.1, -0.05) is 23.7 Å². The highest BCUT2D eigenvalue weighted by atomic mass is 35.5. The number of carbonyl (C=O) groups excluding carboxylic acids is 3. The monoisotopic (exact) mass is 482 g/mol. The van der Waals surface area contributed by atoms with Crippen molar-refractivity contribution in [2.24, 2.45) is 0 Å². The molecule has 34 heavy (non-hydrogen) atoms. The average molecular weight is 483 g/mol. The fourth-order valence-corrected chi connectivity index (χ4v) is 4.88. The fourth-order valence-electron chi connectivity index (χ4n) is 4.75. The molecule has 2 aliphatic rings. The van der Waals surface area contributed by atoms with Crippen molar-refractivity contribution in [1.82, 2.24) is 10.2 Å². The van der Waals surface area contributed by atoms with Gasteiger partial charge in [0, 0.05) is 36.8 Å². The fraction of sp³-hybridized carbons (Fsp3) is 0.423. The molecule has 0 unspecified atom stereocenters. The van der Waals surface area contributed by atoms with Crippen molar-refractivity contribution in [3.63, 3.8) is 0 Å². The molecule has 0 bridgehead atoms. The first-order chi connectivity index (χ1) is 16.4. The molecule has 3 amide bonds. The number of rotatable bonds is 7. The molecule has 4 rings (SSSR count). The van der Waals surface area contributed by atoms with Crippen molar-refractivity contribution >= 4 is 40.7 Å². The topological polar surface area (TPSA) is 73.0 Å². The van der Waals surface area contributed by atoms with E-state index in [0.29, 0.717) is 35.9 Å². The van der Waals surface area contributed by atoms with Crippen molar-refractivity contribution in [3.05, 3.63) is 58.6 Å². The third-order valence-corrected chi connectivity index (χ3v) is 6.88. The first-order valence-electron chi connectivity index (χ1n) is 12.0. The first kappa shape index (κ1) is 24.1. The summed E-state index contributed by atoms with van der Waals surface area (Å²) in [6.45, 7) is 6.15. The lowest BCUT2D eigenvalue weighted by Crippen LogP contribution is -2.57. The van der Waals surface area contributed by atoms with Crippen LogP contribution in [0.2, 0.25) is 5.02 Å². The lowest BCUT2D eigenvalue weighted by molar-refractivity contribution is -0.125. The van der Waals surface area contributed by atoms with Crippen molar-refractivity contribution in [2.45, 2.75) is 45.7 Å². The zero-order valence-corrected chi connectivity index (χ0v) is 20.5. The summed E-state index contributed by atoms with van der Waals surface area (Å²) in [6.07, 6.45) is 2.77. The third-order valence-electron chi connectivity index (χ3n) is 6.63. The lowest BCUT2D eigenvalue weighted by Gasteiger charge is -2.45. The van der Waals surface area contributed by atoms with Gasteiger partial charge in [0.2, 0.25) is 11.8 Å². The molecule has 0 radical (unpaired) electrons. The zero-order valence-electron chi connectivity index (χ0n) is 19.7. The summed E-state index contributed by atoms with van der Waals surface area (Å²) in [5, 5.41) is 3.54. The minimum atomic E-state index is -0.269. The molecular formula is C26H31ClN4O3. The number of anilines is 2. The summed E-state index contributed by atoms with van der Waals surface area (Å²) in [6, 6.07) is 12.5. The van der Waals surface area contributed by atoms with Gasteiger partial charge in [0.1, 0.15) is 12.6 Å². The maximum atomic E-state index is 13.5. The molecule has 7 nitrogen and oxygen atoms in total. The molecule has 2 aliphatic heterocycles.